The Morgan fingerprint density at radius 1 is 1.40 bits per heavy atom. The third-order valence-corrected chi connectivity index (χ3v) is 1.18. The minimum absolute atomic E-state index is 1.11. The number of allylic oxidation sites excluding steroid dienone is 4. The Bertz CT molecular complexity index is 129. The lowest BCUT2D eigenvalue weighted by atomic mass is 10.2. The molecule has 0 aliphatic heterocycles. The van der Waals surface area contributed by atoms with E-state index < -0.39 is 0 Å². The van der Waals surface area contributed by atoms with E-state index >= 15 is 0 Å². The van der Waals surface area contributed by atoms with E-state index in [1.807, 2.05) is 13.0 Å². The van der Waals surface area contributed by atoms with Gasteiger partial charge in [0.15, 0.2) is 0 Å². The Kier molecular flexibility index (Phi) is 5.85. The molecule has 0 aromatic rings. The highest BCUT2D eigenvalue weighted by Crippen LogP contribution is 1.98. The smallest absolute Gasteiger partial charge is 0.0345 e. The van der Waals surface area contributed by atoms with Crippen LogP contribution < -0.4 is 0 Å². The standard InChI is InChI=1S/C10H16/c1-4-5-6-7-8-9-10(2)3/h4,8-9H,1-2,5-7H2,3H3/b9-8+. The molecule has 0 unspecified atom stereocenters. The lowest BCUT2D eigenvalue weighted by Crippen LogP contribution is -1.68. The van der Waals surface area contributed by atoms with Gasteiger partial charge in [0.25, 0.3) is 0 Å². The Morgan fingerprint density at radius 2 is 2.10 bits per heavy atom. The molecule has 0 heteroatoms. The Labute approximate surface area is 64.0 Å². The third kappa shape index (κ3) is 7.22. The number of hydrogen-bond donors (Lipinski definition) is 0. The first-order valence-corrected chi connectivity index (χ1v) is 3.70. The Hall–Kier alpha value is -0.780. The highest BCUT2D eigenvalue weighted by molar-refractivity contribution is 5.10. The number of unbranched alkanes of at least 4 members (excludes halogenated alkanes) is 2. The summed E-state index contributed by atoms with van der Waals surface area (Å²) in [6, 6.07) is 0. The van der Waals surface area contributed by atoms with Crippen LogP contribution in [-0.4, -0.2) is 0 Å². The van der Waals surface area contributed by atoms with E-state index in [2.05, 4.69) is 25.3 Å². The van der Waals surface area contributed by atoms with Gasteiger partial charge in [-0.25, -0.2) is 0 Å². The Morgan fingerprint density at radius 3 is 2.60 bits per heavy atom. The van der Waals surface area contributed by atoms with Gasteiger partial charge in [0.1, 0.15) is 0 Å². The molecule has 0 rings (SSSR count). The molecule has 0 aliphatic rings. The van der Waals surface area contributed by atoms with Crippen molar-refractivity contribution in [2.45, 2.75) is 26.2 Å². The van der Waals surface area contributed by atoms with Gasteiger partial charge in [-0.2, -0.15) is 0 Å². The van der Waals surface area contributed by atoms with Gasteiger partial charge in [0, 0.05) is 0 Å². The van der Waals surface area contributed by atoms with Crippen LogP contribution >= 0.6 is 0 Å². The lowest BCUT2D eigenvalue weighted by molar-refractivity contribution is 0.869. The van der Waals surface area contributed by atoms with E-state index in [-0.39, 0.29) is 0 Å². The number of rotatable bonds is 5. The van der Waals surface area contributed by atoms with Crippen molar-refractivity contribution in [2.24, 2.45) is 0 Å². The maximum absolute atomic E-state index is 3.77. The van der Waals surface area contributed by atoms with Crippen molar-refractivity contribution < 1.29 is 0 Å². The van der Waals surface area contributed by atoms with Gasteiger partial charge in [-0.1, -0.05) is 30.4 Å². The quantitative estimate of drug-likeness (QED) is 0.308. The molecule has 0 heterocycles. The lowest BCUT2D eigenvalue weighted by Gasteiger charge is -1.88. The molecule has 0 radical (unpaired) electrons. The molecule has 0 aliphatic carbocycles. The van der Waals surface area contributed by atoms with E-state index in [0.717, 1.165) is 18.4 Å². The zero-order valence-corrected chi connectivity index (χ0v) is 6.77. The highest BCUT2D eigenvalue weighted by atomic mass is 13.8. The molecule has 0 aromatic heterocycles. The summed E-state index contributed by atoms with van der Waals surface area (Å²) in [4.78, 5) is 0. The highest BCUT2D eigenvalue weighted by Gasteiger charge is 1.78. The molecule has 10 heavy (non-hydrogen) atoms. The molecule has 0 atom stereocenters. The van der Waals surface area contributed by atoms with E-state index in [4.69, 9.17) is 0 Å². The van der Waals surface area contributed by atoms with Crippen molar-refractivity contribution in [3.8, 4) is 0 Å². The van der Waals surface area contributed by atoms with E-state index in [1.54, 1.807) is 0 Å². The summed E-state index contributed by atoms with van der Waals surface area (Å²) in [5, 5.41) is 0. The van der Waals surface area contributed by atoms with Crippen LogP contribution in [0, 0.1) is 0 Å². The maximum atomic E-state index is 3.77. The summed E-state index contributed by atoms with van der Waals surface area (Å²) in [7, 11) is 0. The molecule has 0 bridgehead atoms. The predicted molar refractivity (Wildman–Crippen MR) is 48.0 cm³/mol. The van der Waals surface area contributed by atoms with Crippen LogP contribution in [0.1, 0.15) is 26.2 Å². The molecular weight excluding hydrogens is 120 g/mol. The van der Waals surface area contributed by atoms with Gasteiger partial charge >= 0.3 is 0 Å². The molecular formula is C10H16. The summed E-state index contributed by atoms with van der Waals surface area (Å²) in [6.45, 7) is 9.42. The summed E-state index contributed by atoms with van der Waals surface area (Å²) < 4.78 is 0. The minimum Gasteiger partial charge on any atom is -0.103 e. The average molecular weight is 136 g/mol. The first-order chi connectivity index (χ1) is 4.77. The molecule has 0 aromatic carbocycles. The first kappa shape index (κ1) is 9.22. The molecule has 0 saturated heterocycles. The van der Waals surface area contributed by atoms with Crippen LogP contribution in [-0.2, 0) is 0 Å². The van der Waals surface area contributed by atoms with Crippen LogP contribution in [0.15, 0.2) is 37.0 Å². The third-order valence-electron chi connectivity index (χ3n) is 1.18. The fourth-order valence-electron chi connectivity index (χ4n) is 0.665. The molecule has 0 spiro atoms. The molecule has 0 amide bonds. The second-order valence-electron chi connectivity index (χ2n) is 2.47. The zero-order valence-electron chi connectivity index (χ0n) is 6.77. The van der Waals surface area contributed by atoms with Crippen LogP contribution in [0.5, 0.6) is 0 Å². The van der Waals surface area contributed by atoms with Crippen molar-refractivity contribution in [1.29, 1.82) is 0 Å². The normalized spacial score (nSPS) is 10.1. The summed E-state index contributed by atoms with van der Waals surface area (Å²) in [5.41, 5.74) is 1.12. The van der Waals surface area contributed by atoms with Gasteiger partial charge in [-0.15, -0.1) is 6.58 Å². The summed E-state index contributed by atoms with van der Waals surface area (Å²) >= 11 is 0. The zero-order chi connectivity index (χ0) is 7.82. The fourth-order valence-corrected chi connectivity index (χ4v) is 0.665. The topological polar surface area (TPSA) is 0 Å². The van der Waals surface area contributed by atoms with Crippen molar-refractivity contribution in [3.05, 3.63) is 37.0 Å². The number of hydrogen-bond acceptors (Lipinski definition) is 0. The largest absolute Gasteiger partial charge is 0.103 e. The van der Waals surface area contributed by atoms with Gasteiger partial charge < -0.3 is 0 Å². The van der Waals surface area contributed by atoms with Gasteiger partial charge in [0.2, 0.25) is 0 Å². The fraction of sp³-hybridized carbons (Fsp3) is 0.400. The predicted octanol–water partition coefficient (Wildman–Crippen LogP) is 3.48. The van der Waals surface area contributed by atoms with Crippen LogP contribution in [0.3, 0.4) is 0 Å². The monoisotopic (exact) mass is 136 g/mol. The van der Waals surface area contributed by atoms with Gasteiger partial charge in [0.05, 0.1) is 0 Å². The van der Waals surface area contributed by atoms with Crippen molar-refractivity contribution in [2.75, 3.05) is 0 Å². The Balaban J connectivity index is 3.18. The minimum atomic E-state index is 1.11. The second-order valence-corrected chi connectivity index (χ2v) is 2.47. The van der Waals surface area contributed by atoms with Crippen LogP contribution in [0.4, 0.5) is 0 Å². The SMILES string of the molecule is C=CCCC/C=C/C(=C)C. The maximum Gasteiger partial charge on any atom is -0.0345 e. The van der Waals surface area contributed by atoms with Crippen molar-refractivity contribution in [3.63, 3.8) is 0 Å². The van der Waals surface area contributed by atoms with Crippen LogP contribution in [0.2, 0.25) is 0 Å². The molecule has 0 fully saturated rings. The van der Waals surface area contributed by atoms with E-state index in [9.17, 15) is 0 Å². The van der Waals surface area contributed by atoms with Crippen molar-refractivity contribution in [1.82, 2.24) is 0 Å². The first-order valence-electron chi connectivity index (χ1n) is 3.70. The van der Waals surface area contributed by atoms with E-state index in [1.165, 1.54) is 6.42 Å². The molecule has 56 valence electrons. The van der Waals surface area contributed by atoms with E-state index in [0.29, 0.717) is 0 Å². The van der Waals surface area contributed by atoms with Gasteiger partial charge in [-0.05, 0) is 26.2 Å². The molecule has 0 nitrogen and oxygen atoms in total. The van der Waals surface area contributed by atoms with Crippen molar-refractivity contribution >= 4 is 0 Å². The second kappa shape index (κ2) is 6.34. The van der Waals surface area contributed by atoms with Crippen LogP contribution in [0.25, 0.3) is 0 Å². The average Bonchev–Trinajstić information content (AvgIpc) is 1.87. The summed E-state index contributed by atoms with van der Waals surface area (Å²) in [6.07, 6.45) is 9.62. The van der Waals surface area contributed by atoms with Gasteiger partial charge in [-0.3, -0.25) is 0 Å². The summed E-state index contributed by atoms with van der Waals surface area (Å²) in [5.74, 6) is 0. The molecule has 0 saturated carbocycles. The molecule has 0 N–H and O–H groups in total.